The summed E-state index contributed by atoms with van der Waals surface area (Å²) in [7, 11) is 4.20. The Morgan fingerprint density at radius 3 is 2.62 bits per heavy atom. The molecule has 0 saturated heterocycles. The lowest BCUT2D eigenvalue weighted by Gasteiger charge is -2.16. The molecule has 0 radical (unpaired) electrons. The number of rotatable bonds is 7. The van der Waals surface area contributed by atoms with Crippen LogP contribution in [0.2, 0.25) is 0 Å². The fourth-order valence-electron chi connectivity index (χ4n) is 3.17. The predicted molar refractivity (Wildman–Crippen MR) is 115 cm³/mol. The van der Waals surface area contributed by atoms with Crippen molar-refractivity contribution in [2.45, 2.75) is 25.4 Å². The zero-order valence-corrected chi connectivity index (χ0v) is 18.3. The number of hydrogen-bond donors (Lipinski definition) is 1. The second-order valence-electron chi connectivity index (χ2n) is 6.83. The highest BCUT2D eigenvalue weighted by Crippen LogP contribution is 2.27. The van der Waals surface area contributed by atoms with Gasteiger partial charge in [0.15, 0.2) is 0 Å². The average molecular weight is 480 g/mol. The van der Waals surface area contributed by atoms with Gasteiger partial charge in [0, 0.05) is 15.5 Å². The van der Waals surface area contributed by atoms with E-state index < -0.39 is 0 Å². The number of benzene rings is 2. The number of fused-ring (bicyclic) bond motifs is 1. The lowest BCUT2D eigenvalue weighted by atomic mass is 10.1. The summed E-state index contributed by atoms with van der Waals surface area (Å²) in [6.45, 7) is 1.96. The highest BCUT2D eigenvalue weighted by molar-refractivity contribution is 9.13. The van der Waals surface area contributed by atoms with Gasteiger partial charge in [-0.05, 0) is 95.2 Å². The van der Waals surface area contributed by atoms with Gasteiger partial charge in [0.2, 0.25) is 0 Å². The normalized spacial score (nSPS) is 12.8. The Kier molecular flexibility index (Phi) is 6.51. The number of para-hydroxylation sites is 2. The maximum Gasteiger partial charge on any atom is 0.127 e. The Labute approximate surface area is 171 Å². The Bertz CT molecular complexity index is 889. The van der Waals surface area contributed by atoms with E-state index in [-0.39, 0.29) is 6.04 Å². The number of nitrogens with zero attached hydrogens (tertiary/aromatic N) is 3. The fraction of sp³-hybridized carbons (Fsp3) is 0.350. The van der Waals surface area contributed by atoms with Crippen molar-refractivity contribution in [3.05, 3.63) is 62.8 Å². The summed E-state index contributed by atoms with van der Waals surface area (Å²) >= 11 is 7.09. The van der Waals surface area contributed by atoms with Crippen molar-refractivity contribution in [2.24, 2.45) is 5.73 Å². The molecule has 1 heterocycles. The van der Waals surface area contributed by atoms with Gasteiger partial charge >= 0.3 is 0 Å². The van der Waals surface area contributed by atoms with E-state index in [1.54, 1.807) is 0 Å². The van der Waals surface area contributed by atoms with E-state index >= 15 is 0 Å². The maximum atomic E-state index is 6.59. The fourth-order valence-corrected chi connectivity index (χ4v) is 3.84. The van der Waals surface area contributed by atoms with Gasteiger partial charge in [-0.2, -0.15) is 0 Å². The third-order valence-corrected chi connectivity index (χ3v) is 6.32. The van der Waals surface area contributed by atoms with Crippen LogP contribution in [0.4, 0.5) is 0 Å². The molecule has 0 bridgehead atoms. The van der Waals surface area contributed by atoms with E-state index in [1.165, 1.54) is 5.56 Å². The van der Waals surface area contributed by atoms with Crippen LogP contribution in [0.15, 0.2) is 51.4 Å². The molecule has 0 aliphatic carbocycles. The molecular weight excluding hydrogens is 456 g/mol. The zero-order chi connectivity index (χ0) is 18.7. The molecule has 1 atom stereocenters. The highest BCUT2D eigenvalue weighted by Gasteiger charge is 2.17. The van der Waals surface area contributed by atoms with Crippen molar-refractivity contribution in [1.29, 1.82) is 0 Å². The van der Waals surface area contributed by atoms with Gasteiger partial charge in [0.25, 0.3) is 0 Å². The SMILES string of the molecule is CN(C)CCCn1c(C(N)Cc2ccc(Br)c(Br)c2)nc2ccccc21. The number of aromatic nitrogens is 2. The average Bonchev–Trinajstić information content (AvgIpc) is 2.97. The maximum absolute atomic E-state index is 6.59. The van der Waals surface area contributed by atoms with Crippen LogP contribution in [0, 0.1) is 0 Å². The molecule has 6 heteroatoms. The summed E-state index contributed by atoms with van der Waals surface area (Å²) in [4.78, 5) is 7.06. The summed E-state index contributed by atoms with van der Waals surface area (Å²) in [5, 5.41) is 0. The quantitative estimate of drug-likeness (QED) is 0.531. The molecule has 4 nitrogen and oxygen atoms in total. The summed E-state index contributed by atoms with van der Waals surface area (Å²) < 4.78 is 4.38. The van der Waals surface area contributed by atoms with Gasteiger partial charge in [-0.15, -0.1) is 0 Å². The van der Waals surface area contributed by atoms with Crippen molar-refractivity contribution in [2.75, 3.05) is 20.6 Å². The Balaban J connectivity index is 1.88. The smallest absolute Gasteiger partial charge is 0.127 e. The van der Waals surface area contributed by atoms with E-state index in [0.29, 0.717) is 0 Å². The molecule has 3 rings (SSSR count). The molecular formula is C20H24Br2N4. The van der Waals surface area contributed by atoms with Crippen LogP contribution in [0.5, 0.6) is 0 Å². The monoisotopic (exact) mass is 478 g/mol. The molecule has 2 N–H and O–H groups in total. The minimum Gasteiger partial charge on any atom is -0.327 e. The predicted octanol–water partition coefficient (Wildman–Crippen LogP) is 4.76. The summed E-state index contributed by atoms with van der Waals surface area (Å²) in [6.07, 6.45) is 1.82. The highest BCUT2D eigenvalue weighted by atomic mass is 79.9. The molecule has 0 fully saturated rings. The number of hydrogen-bond acceptors (Lipinski definition) is 3. The van der Waals surface area contributed by atoms with E-state index in [4.69, 9.17) is 10.7 Å². The minimum absolute atomic E-state index is 0.144. The van der Waals surface area contributed by atoms with Crippen molar-refractivity contribution >= 4 is 42.9 Å². The van der Waals surface area contributed by atoms with Crippen molar-refractivity contribution < 1.29 is 0 Å². The van der Waals surface area contributed by atoms with Gasteiger partial charge < -0.3 is 15.2 Å². The number of nitrogens with two attached hydrogens (primary N) is 1. The number of imidazole rings is 1. The van der Waals surface area contributed by atoms with Crippen molar-refractivity contribution in [3.8, 4) is 0 Å². The molecule has 26 heavy (non-hydrogen) atoms. The molecule has 138 valence electrons. The van der Waals surface area contributed by atoms with Crippen LogP contribution in [-0.2, 0) is 13.0 Å². The first-order chi connectivity index (χ1) is 12.5. The molecule has 0 aliphatic rings. The van der Waals surface area contributed by atoms with Crippen molar-refractivity contribution in [3.63, 3.8) is 0 Å². The third kappa shape index (κ3) is 4.55. The Morgan fingerprint density at radius 1 is 1.12 bits per heavy atom. The van der Waals surface area contributed by atoms with E-state index in [1.807, 2.05) is 12.1 Å². The molecule has 0 saturated carbocycles. The lowest BCUT2D eigenvalue weighted by molar-refractivity contribution is 0.384. The minimum atomic E-state index is -0.144. The molecule has 1 aromatic heterocycles. The first-order valence-corrected chi connectivity index (χ1v) is 10.3. The van der Waals surface area contributed by atoms with Crippen LogP contribution in [-0.4, -0.2) is 35.1 Å². The van der Waals surface area contributed by atoms with Crippen LogP contribution in [0.25, 0.3) is 11.0 Å². The summed E-state index contributed by atoms with van der Waals surface area (Å²) in [5.74, 6) is 0.962. The number of halogens is 2. The second kappa shape index (κ2) is 8.65. The van der Waals surface area contributed by atoms with Crippen LogP contribution >= 0.6 is 31.9 Å². The number of aryl methyl sites for hydroxylation is 1. The van der Waals surface area contributed by atoms with E-state index in [9.17, 15) is 0 Å². The molecule has 0 aliphatic heterocycles. The van der Waals surface area contributed by atoms with Gasteiger partial charge in [-0.1, -0.05) is 18.2 Å². The first kappa shape index (κ1) is 19.5. The Hall–Kier alpha value is -1.21. The standard InChI is InChI=1S/C20H24Br2N4/c1-25(2)10-5-11-26-19-7-4-3-6-18(19)24-20(26)17(23)13-14-8-9-15(21)16(22)12-14/h3-4,6-9,12,17H,5,10-11,13,23H2,1-2H3. The molecule has 0 amide bonds. The summed E-state index contributed by atoms with van der Waals surface area (Å²) in [6, 6.07) is 14.4. The zero-order valence-electron chi connectivity index (χ0n) is 15.1. The van der Waals surface area contributed by atoms with Crippen LogP contribution < -0.4 is 5.73 Å². The molecule has 3 aromatic rings. The largest absolute Gasteiger partial charge is 0.327 e. The molecule has 1 unspecified atom stereocenters. The van der Waals surface area contributed by atoms with Gasteiger partial charge in [-0.3, -0.25) is 0 Å². The van der Waals surface area contributed by atoms with Crippen LogP contribution in [0.3, 0.4) is 0 Å². The lowest BCUT2D eigenvalue weighted by Crippen LogP contribution is -2.21. The summed E-state index contributed by atoms with van der Waals surface area (Å²) in [5.41, 5.74) is 9.96. The third-order valence-electron chi connectivity index (χ3n) is 4.44. The molecule has 0 spiro atoms. The first-order valence-electron chi connectivity index (χ1n) is 8.75. The van der Waals surface area contributed by atoms with E-state index in [2.05, 4.69) is 85.8 Å². The van der Waals surface area contributed by atoms with Gasteiger partial charge in [0.1, 0.15) is 5.82 Å². The Morgan fingerprint density at radius 2 is 1.88 bits per heavy atom. The molecule has 2 aromatic carbocycles. The van der Waals surface area contributed by atoms with E-state index in [0.717, 1.165) is 51.7 Å². The van der Waals surface area contributed by atoms with Crippen LogP contribution in [0.1, 0.15) is 23.9 Å². The topological polar surface area (TPSA) is 47.1 Å². The van der Waals surface area contributed by atoms with Crippen molar-refractivity contribution in [1.82, 2.24) is 14.5 Å². The van der Waals surface area contributed by atoms with Gasteiger partial charge in [0.05, 0.1) is 17.1 Å². The second-order valence-corrected chi connectivity index (χ2v) is 8.53. The van der Waals surface area contributed by atoms with Gasteiger partial charge in [-0.25, -0.2) is 4.98 Å².